The summed E-state index contributed by atoms with van der Waals surface area (Å²) in [7, 11) is 0. The van der Waals surface area contributed by atoms with Gasteiger partial charge in [0.25, 0.3) is 0 Å². The molecule has 1 N–H and O–H groups in total. The van der Waals surface area contributed by atoms with Crippen LogP contribution in [-0.2, 0) is 6.54 Å². The van der Waals surface area contributed by atoms with Crippen LogP contribution in [-0.4, -0.2) is 45.2 Å². The highest BCUT2D eigenvalue weighted by molar-refractivity contribution is 5.91. The number of carbonyl (C=O) groups is 1. The van der Waals surface area contributed by atoms with Crippen LogP contribution in [0.1, 0.15) is 25.5 Å². The number of urea groups is 1. The molecule has 1 saturated heterocycles. The molecule has 4 rings (SSSR count). The van der Waals surface area contributed by atoms with Gasteiger partial charge in [-0.25, -0.2) is 9.78 Å². The molecule has 2 amide bonds. The molecule has 162 valence electrons. The zero-order chi connectivity index (χ0) is 21.6. The maximum atomic E-state index is 13.0. The SMILES string of the molecule is CCOc1ccccc1NC(=O)N1CCCC(Cn2c(C)cnc2-c2ccncc2)C1. The maximum Gasteiger partial charge on any atom is 0.321 e. The third kappa shape index (κ3) is 4.87. The summed E-state index contributed by atoms with van der Waals surface area (Å²) < 4.78 is 7.89. The molecule has 1 aliphatic heterocycles. The lowest BCUT2D eigenvalue weighted by Crippen LogP contribution is -2.43. The van der Waals surface area contributed by atoms with E-state index < -0.39 is 0 Å². The van der Waals surface area contributed by atoms with E-state index in [1.807, 2.05) is 54.4 Å². The number of nitrogens with one attached hydrogen (secondary N) is 1. The Hall–Kier alpha value is -3.35. The number of rotatable bonds is 6. The number of hydrogen-bond donors (Lipinski definition) is 1. The highest BCUT2D eigenvalue weighted by atomic mass is 16.5. The standard InChI is InChI=1S/C24H29N5O2/c1-3-31-22-9-5-4-8-21(22)27-24(30)28-14-6-7-19(16-28)17-29-18(2)15-26-23(29)20-10-12-25-13-11-20/h4-5,8-13,15,19H,3,6-7,14,16-17H2,1-2H3,(H,27,30). The summed E-state index contributed by atoms with van der Waals surface area (Å²) in [6.45, 7) is 6.89. The summed E-state index contributed by atoms with van der Waals surface area (Å²) in [4.78, 5) is 23.6. The molecular formula is C24H29N5O2. The van der Waals surface area contributed by atoms with Crippen LogP contribution in [0, 0.1) is 12.8 Å². The van der Waals surface area contributed by atoms with Gasteiger partial charge in [-0.15, -0.1) is 0 Å². The molecule has 0 spiro atoms. The number of aryl methyl sites for hydroxylation is 1. The number of amides is 2. The van der Waals surface area contributed by atoms with E-state index in [-0.39, 0.29) is 6.03 Å². The third-order valence-electron chi connectivity index (χ3n) is 5.67. The van der Waals surface area contributed by atoms with Gasteiger partial charge in [0.2, 0.25) is 0 Å². The first-order chi connectivity index (χ1) is 15.2. The Balaban J connectivity index is 1.44. The van der Waals surface area contributed by atoms with Gasteiger partial charge in [-0.1, -0.05) is 12.1 Å². The first-order valence-corrected chi connectivity index (χ1v) is 10.9. The maximum absolute atomic E-state index is 13.0. The van der Waals surface area contributed by atoms with Gasteiger partial charge in [0.1, 0.15) is 11.6 Å². The molecule has 0 saturated carbocycles. The molecule has 1 aromatic carbocycles. The number of para-hydroxylation sites is 2. The predicted molar refractivity (Wildman–Crippen MR) is 121 cm³/mol. The monoisotopic (exact) mass is 419 g/mol. The normalized spacial score (nSPS) is 16.2. The largest absolute Gasteiger partial charge is 0.492 e. The van der Waals surface area contributed by atoms with Gasteiger partial charge >= 0.3 is 6.03 Å². The second-order valence-corrected chi connectivity index (χ2v) is 7.88. The molecule has 3 aromatic rings. The van der Waals surface area contributed by atoms with Crippen molar-refractivity contribution in [3.05, 3.63) is 60.7 Å². The minimum atomic E-state index is -0.0754. The number of benzene rings is 1. The molecular weight excluding hydrogens is 390 g/mol. The van der Waals surface area contributed by atoms with Crippen molar-refractivity contribution in [3.8, 4) is 17.1 Å². The smallest absolute Gasteiger partial charge is 0.321 e. The van der Waals surface area contributed by atoms with Crippen molar-refractivity contribution >= 4 is 11.7 Å². The summed E-state index contributed by atoms with van der Waals surface area (Å²) in [5.74, 6) is 2.02. The van der Waals surface area contributed by atoms with Crippen LogP contribution in [0.2, 0.25) is 0 Å². The zero-order valence-corrected chi connectivity index (χ0v) is 18.1. The highest BCUT2D eigenvalue weighted by Crippen LogP contribution is 2.27. The van der Waals surface area contributed by atoms with Crippen LogP contribution in [0.5, 0.6) is 5.75 Å². The highest BCUT2D eigenvalue weighted by Gasteiger charge is 2.25. The summed E-state index contributed by atoms with van der Waals surface area (Å²) in [5.41, 5.74) is 2.89. The van der Waals surface area contributed by atoms with E-state index in [2.05, 4.69) is 26.8 Å². The number of hydrogen-bond acceptors (Lipinski definition) is 4. The molecule has 3 heterocycles. The Kier molecular flexibility index (Phi) is 6.50. The quantitative estimate of drug-likeness (QED) is 0.634. The van der Waals surface area contributed by atoms with E-state index in [0.29, 0.717) is 24.0 Å². The molecule has 2 aromatic heterocycles. The van der Waals surface area contributed by atoms with Gasteiger partial charge in [0, 0.05) is 49.5 Å². The number of ether oxygens (including phenoxy) is 1. The van der Waals surface area contributed by atoms with Crippen molar-refractivity contribution < 1.29 is 9.53 Å². The number of carbonyl (C=O) groups excluding carboxylic acids is 1. The van der Waals surface area contributed by atoms with Gasteiger partial charge < -0.3 is 19.5 Å². The van der Waals surface area contributed by atoms with Crippen LogP contribution in [0.15, 0.2) is 55.0 Å². The Labute approximate surface area is 183 Å². The first-order valence-electron chi connectivity index (χ1n) is 10.9. The van der Waals surface area contributed by atoms with Crippen molar-refractivity contribution in [1.29, 1.82) is 0 Å². The molecule has 1 unspecified atom stereocenters. The van der Waals surface area contributed by atoms with E-state index in [9.17, 15) is 4.79 Å². The molecule has 0 bridgehead atoms. The van der Waals surface area contributed by atoms with Gasteiger partial charge in [-0.05, 0) is 56.9 Å². The second kappa shape index (κ2) is 9.64. The summed E-state index contributed by atoms with van der Waals surface area (Å²) in [6, 6.07) is 11.4. The molecule has 31 heavy (non-hydrogen) atoms. The van der Waals surface area contributed by atoms with Crippen molar-refractivity contribution in [2.24, 2.45) is 5.92 Å². The lowest BCUT2D eigenvalue weighted by Gasteiger charge is -2.33. The molecule has 7 heteroatoms. The van der Waals surface area contributed by atoms with Crippen molar-refractivity contribution in [2.45, 2.75) is 33.2 Å². The van der Waals surface area contributed by atoms with E-state index >= 15 is 0 Å². The third-order valence-corrected chi connectivity index (χ3v) is 5.67. The van der Waals surface area contributed by atoms with Gasteiger partial charge in [-0.2, -0.15) is 0 Å². The fourth-order valence-corrected chi connectivity index (χ4v) is 4.13. The Morgan fingerprint density at radius 1 is 1.23 bits per heavy atom. The number of pyridine rings is 1. The molecule has 0 radical (unpaired) electrons. The van der Waals surface area contributed by atoms with E-state index in [0.717, 1.165) is 49.6 Å². The van der Waals surface area contributed by atoms with E-state index in [4.69, 9.17) is 4.74 Å². The Bertz CT molecular complexity index is 1020. The molecule has 1 fully saturated rings. The number of nitrogens with zero attached hydrogens (tertiary/aromatic N) is 4. The lowest BCUT2D eigenvalue weighted by molar-refractivity contribution is 0.170. The zero-order valence-electron chi connectivity index (χ0n) is 18.1. The number of anilines is 1. The first kappa shape index (κ1) is 20.9. The average molecular weight is 420 g/mol. The van der Waals surface area contributed by atoms with Crippen LogP contribution >= 0.6 is 0 Å². The van der Waals surface area contributed by atoms with Crippen LogP contribution in [0.3, 0.4) is 0 Å². The minimum Gasteiger partial charge on any atom is -0.492 e. The van der Waals surface area contributed by atoms with Gasteiger partial charge in [-0.3, -0.25) is 4.98 Å². The van der Waals surface area contributed by atoms with E-state index in [1.54, 1.807) is 12.4 Å². The number of likely N-dealkylation sites (tertiary alicyclic amines) is 1. The topological polar surface area (TPSA) is 72.3 Å². The number of aromatic nitrogens is 3. The summed E-state index contributed by atoms with van der Waals surface area (Å²) in [5, 5.41) is 3.03. The number of piperidine rings is 1. The lowest BCUT2D eigenvalue weighted by atomic mass is 9.98. The molecule has 0 aliphatic carbocycles. The van der Waals surface area contributed by atoms with E-state index in [1.165, 1.54) is 0 Å². The summed E-state index contributed by atoms with van der Waals surface area (Å²) in [6.07, 6.45) is 7.57. The van der Waals surface area contributed by atoms with Crippen molar-refractivity contribution in [3.63, 3.8) is 0 Å². The molecule has 1 aliphatic rings. The van der Waals surface area contributed by atoms with Crippen LogP contribution in [0.25, 0.3) is 11.4 Å². The molecule has 7 nitrogen and oxygen atoms in total. The minimum absolute atomic E-state index is 0.0754. The van der Waals surface area contributed by atoms with Crippen molar-refractivity contribution in [2.75, 3.05) is 25.0 Å². The number of imidazole rings is 1. The summed E-state index contributed by atoms with van der Waals surface area (Å²) >= 11 is 0. The van der Waals surface area contributed by atoms with Gasteiger partial charge in [0.15, 0.2) is 0 Å². The molecule has 1 atom stereocenters. The van der Waals surface area contributed by atoms with Gasteiger partial charge in [0.05, 0.1) is 12.3 Å². The van der Waals surface area contributed by atoms with Crippen molar-refractivity contribution in [1.82, 2.24) is 19.4 Å². The van der Waals surface area contributed by atoms with Crippen LogP contribution < -0.4 is 10.1 Å². The fourth-order valence-electron chi connectivity index (χ4n) is 4.13. The Morgan fingerprint density at radius 2 is 2.03 bits per heavy atom. The van der Waals surface area contributed by atoms with Crippen LogP contribution in [0.4, 0.5) is 10.5 Å². The predicted octanol–water partition coefficient (Wildman–Crippen LogP) is 4.60. The average Bonchev–Trinajstić information content (AvgIpc) is 3.16. The fraction of sp³-hybridized carbons (Fsp3) is 0.375. The second-order valence-electron chi connectivity index (χ2n) is 7.88. The Morgan fingerprint density at radius 3 is 2.84 bits per heavy atom.